The van der Waals surface area contributed by atoms with Crippen LogP contribution in [0.3, 0.4) is 0 Å². The second-order valence-corrected chi connectivity index (χ2v) is 4.15. The zero-order chi connectivity index (χ0) is 14.7. The molecule has 1 heterocycles. The van der Waals surface area contributed by atoms with E-state index in [4.69, 9.17) is 4.42 Å². The first-order valence-corrected chi connectivity index (χ1v) is 5.83. The van der Waals surface area contributed by atoms with Crippen LogP contribution in [0.4, 0.5) is 8.78 Å². The lowest BCUT2D eigenvalue weighted by molar-refractivity contribution is 0.0953. The SMILES string of the molecule is C/C(=N/NC(=O)c1ccoc1C)c1cc(F)ccc1F. The summed E-state index contributed by atoms with van der Waals surface area (Å²) >= 11 is 0. The fourth-order valence-corrected chi connectivity index (χ4v) is 1.65. The van der Waals surface area contributed by atoms with E-state index in [1.807, 2.05) is 0 Å². The molecule has 104 valence electrons. The molecule has 0 fully saturated rings. The molecule has 2 aromatic rings. The average Bonchev–Trinajstić information content (AvgIpc) is 2.84. The van der Waals surface area contributed by atoms with Gasteiger partial charge in [0, 0.05) is 5.56 Å². The molecular weight excluding hydrogens is 266 g/mol. The first kappa shape index (κ1) is 13.9. The van der Waals surface area contributed by atoms with Crippen LogP contribution in [0.25, 0.3) is 0 Å². The van der Waals surface area contributed by atoms with Gasteiger partial charge in [-0.2, -0.15) is 5.10 Å². The standard InChI is InChI=1S/C14H12F2N2O2/c1-8(12-7-10(15)3-4-13(12)16)17-18-14(19)11-5-6-20-9(11)2/h3-7H,1-2H3,(H,18,19)/b17-8-. The van der Waals surface area contributed by atoms with Crippen LogP contribution in [0.1, 0.15) is 28.6 Å². The van der Waals surface area contributed by atoms with Gasteiger partial charge in [0.05, 0.1) is 17.5 Å². The Labute approximate surface area is 114 Å². The first-order valence-electron chi connectivity index (χ1n) is 5.83. The minimum atomic E-state index is -0.610. The minimum absolute atomic E-state index is 0.00536. The van der Waals surface area contributed by atoms with E-state index in [1.165, 1.54) is 19.3 Å². The van der Waals surface area contributed by atoms with Crippen LogP contribution in [0.5, 0.6) is 0 Å². The van der Waals surface area contributed by atoms with Crippen molar-refractivity contribution in [2.24, 2.45) is 5.10 Å². The molecule has 0 spiro atoms. The van der Waals surface area contributed by atoms with Crippen molar-refractivity contribution >= 4 is 11.6 Å². The average molecular weight is 278 g/mol. The summed E-state index contributed by atoms with van der Waals surface area (Å²) in [4.78, 5) is 11.8. The number of hydrazone groups is 1. The molecule has 0 aliphatic carbocycles. The topological polar surface area (TPSA) is 54.6 Å². The van der Waals surface area contributed by atoms with Crippen molar-refractivity contribution in [3.8, 4) is 0 Å². The number of rotatable bonds is 3. The number of hydrogen-bond donors (Lipinski definition) is 1. The maximum absolute atomic E-state index is 13.5. The van der Waals surface area contributed by atoms with Gasteiger partial charge in [-0.15, -0.1) is 0 Å². The molecule has 0 bridgehead atoms. The lowest BCUT2D eigenvalue weighted by atomic mass is 10.1. The van der Waals surface area contributed by atoms with Gasteiger partial charge in [0.25, 0.3) is 5.91 Å². The normalized spacial score (nSPS) is 11.5. The number of halogens is 2. The highest BCUT2D eigenvalue weighted by Crippen LogP contribution is 2.11. The highest BCUT2D eigenvalue weighted by Gasteiger charge is 2.12. The number of amides is 1. The van der Waals surface area contributed by atoms with E-state index in [-0.39, 0.29) is 11.3 Å². The summed E-state index contributed by atoms with van der Waals surface area (Å²) in [6.45, 7) is 3.11. The van der Waals surface area contributed by atoms with Crippen molar-refractivity contribution in [1.29, 1.82) is 0 Å². The van der Waals surface area contributed by atoms with E-state index in [1.54, 1.807) is 6.92 Å². The van der Waals surface area contributed by atoms with Gasteiger partial charge in [0.2, 0.25) is 0 Å². The number of nitrogens with zero attached hydrogens (tertiary/aromatic N) is 1. The molecule has 1 amide bonds. The highest BCUT2D eigenvalue weighted by molar-refractivity contribution is 6.01. The van der Waals surface area contributed by atoms with E-state index in [2.05, 4.69) is 10.5 Å². The van der Waals surface area contributed by atoms with Crippen molar-refractivity contribution < 1.29 is 18.0 Å². The maximum atomic E-state index is 13.5. The number of furan rings is 1. The van der Waals surface area contributed by atoms with Gasteiger partial charge in [-0.05, 0) is 38.1 Å². The molecule has 0 saturated carbocycles. The first-order chi connectivity index (χ1) is 9.49. The largest absolute Gasteiger partial charge is 0.469 e. The minimum Gasteiger partial charge on any atom is -0.469 e. The Hall–Kier alpha value is -2.50. The number of aryl methyl sites for hydroxylation is 1. The molecule has 6 heteroatoms. The van der Waals surface area contributed by atoms with Crippen LogP contribution in [-0.4, -0.2) is 11.6 Å². The summed E-state index contributed by atoms with van der Waals surface area (Å²) in [5, 5.41) is 3.76. The van der Waals surface area contributed by atoms with Crippen LogP contribution in [0.2, 0.25) is 0 Å². The predicted octanol–water partition coefficient (Wildman–Crippen LogP) is 3.02. The molecule has 0 aliphatic rings. The van der Waals surface area contributed by atoms with Crippen molar-refractivity contribution in [2.45, 2.75) is 13.8 Å². The fraction of sp³-hybridized carbons (Fsp3) is 0.143. The Kier molecular flexibility index (Phi) is 3.93. The van der Waals surface area contributed by atoms with Crippen molar-refractivity contribution in [3.05, 3.63) is 59.1 Å². The number of carbonyl (C=O) groups is 1. The molecule has 0 aliphatic heterocycles. The Bertz CT molecular complexity index is 678. The third kappa shape index (κ3) is 2.90. The lowest BCUT2D eigenvalue weighted by Crippen LogP contribution is -2.19. The zero-order valence-corrected chi connectivity index (χ0v) is 10.9. The van der Waals surface area contributed by atoms with E-state index < -0.39 is 17.5 Å². The third-order valence-corrected chi connectivity index (χ3v) is 2.75. The second kappa shape index (κ2) is 5.64. The Morgan fingerprint density at radius 1 is 1.25 bits per heavy atom. The van der Waals surface area contributed by atoms with Crippen molar-refractivity contribution in [1.82, 2.24) is 5.43 Å². The quantitative estimate of drug-likeness (QED) is 0.693. The Morgan fingerprint density at radius 3 is 2.65 bits per heavy atom. The van der Waals surface area contributed by atoms with Gasteiger partial charge in [0.15, 0.2) is 0 Å². The molecule has 1 N–H and O–H groups in total. The van der Waals surface area contributed by atoms with Gasteiger partial charge >= 0.3 is 0 Å². The summed E-state index contributed by atoms with van der Waals surface area (Å²) in [7, 11) is 0. The number of carbonyl (C=O) groups excluding carboxylic acids is 1. The van der Waals surface area contributed by atoms with Gasteiger partial charge in [-0.3, -0.25) is 4.79 Å². The van der Waals surface area contributed by atoms with Gasteiger partial charge in [-0.1, -0.05) is 0 Å². The Balaban J connectivity index is 2.17. The van der Waals surface area contributed by atoms with Gasteiger partial charge in [0.1, 0.15) is 17.4 Å². The number of hydrogen-bond acceptors (Lipinski definition) is 3. The van der Waals surface area contributed by atoms with E-state index in [9.17, 15) is 13.6 Å². The molecule has 4 nitrogen and oxygen atoms in total. The Morgan fingerprint density at radius 2 is 2.00 bits per heavy atom. The molecule has 2 rings (SSSR count). The van der Waals surface area contributed by atoms with Gasteiger partial charge in [-0.25, -0.2) is 14.2 Å². The molecular formula is C14H12F2N2O2. The van der Waals surface area contributed by atoms with E-state index >= 15 is 0 Å². The molecule has 1 aromatic carbocycles. The molecule has 0 saturated heterocycles. The second-order valence-electron chi connectivity index (χ2n) is 4.15. The molecule has 0 radical (unpaired) electrons. The van der Waals surface area contributed by atoms with Crippen LogP contribution in [0.15, 0.2) is 40.0 Å². The molecule has 1 aromatic heterocycles. The zero-order valence-electron chi connectivity index (χ0n) is 10.9. The van der Waals surface area contributed by atoms with Crippen LogP contribution in [0, 0.1) is 18.6 Å². The van der Waals surface area contributed by atoms with Crippen molar-refractivity contribution in [3.63, 3.8) is 0 Å². The summed E-state index contributed by atoms with van der Waals surface area (Å²) < 4.78 is 31.6. The monoisotopic (exact) mass is 278 g/mol. The molecule has 0 atom stereocenters. The number of benzene rings is 1. The van der Waals surface area contributed by atoms with E-state index in [0.29, 0.717) is 11.3 Å². The lowest BCUT2D eigenvalue weighted by Gasteiger charge is -2.04. The fourth-order valence-electron chi connectivity index (χ4n) is 1.65. The van der Waals surface area contributed by atoms with E-state index in [0.717, 1.165) is 18.2 Å². The maximum Gasteiger partial charge on any atom is 0.274 e. The summed E-state index contributed by atoms with van der Waals surface area (Å²) in [5.41, 5.74) is 2.76. The predicted molar refractivity (Wildman–Crippen MR) is 69.5 cm³/mol. The summed E-state index contributed by atoms with van der Waals surface area (Å²) in [5.74, 6) is -1.21. The smallest absolute Gasteiger partial charge is 0.274 e. The number of nitrogens with one attached hydrogen (secondary N) is 1. The van der Waals surface area contributed by atoms with Crippen molar-refractivity contribution in [2.75, 3.05) is 0 Å². The van der Waals surface area contributed by atoms with Crippen LogP contribution < -0.4 is 5.43 Å². The summed E-state index contributed by atoms with van der Waals surface area (Å²) in [6, 6.07) is 4.53. The third-order valence-electron chi connectivity index (χ3n) is 2.75. The summed E-state index contributed by atoms with van der Waals surface area (Å²) in [6.07, 6.45) is 1.38. The van der Waals surface area contributed by atoms with Crippen LogP contribution >= 0.6 is 0 Å². The molecule has 20 heavy (non-hydrogen) atoms. The highest BCUT2D eigenvalue weighted by atomic mass is 19.1. The van der Waals surface area contributed by atoms with Gasteiger partial charge < -0.3 is 4.42 Å². The molecule has 0 unspecified atom stereocenters. The van der Waals surface area contributed by atoms with Crippen LogP contribution in [-0.2, 0) is 0 Å².